The van der Waals surface area contributed by atoms with Crippen LogP contribution in [0.2, 0.25) is 0 Å². The van der Waals surface area contributed by atoms with E-state index >= 15 is 0 Å². The number of anilines is 1. The number of fused-ring (bicyclic) bond motifs is 1. The van der Waals surface area contributed by atoms with Crippen LogP contribution < -0.4 is 20.1 Å². The number of carbonyl (C=O) groups is 1. The van der Waals surface area contributed by atoms with E-state index in [2.05, 4.69) is 15.6 Å². The second-order valence-electron chi connectivity index (χ2n) is 5.50. The quantitative estimate of drug-likeness (QED) is 0.853. The average Bonchev–Trinajstić information content (AvgIpc) is 2.62. The number of ether oxygens (including phenoxy) is 2. The molecule has 1 aromatic carbocycles. The summed E-state index contributed by atoms with van der Waals surface area (Å²) >= 11 is 0. The van der Waals surface area contributed by atoms with Gasteiger partial charge in [0.1, 0.15) is 18.5 Å². The Morgan fingerprint density at radius 3 is 2.83 bits per heavy atom. The predicted octanol–water partition coefficient (Wildman–Crippen LogP) is 2.47. The van der Waals surface area contributed by atoms with E-state index in [1.54, 1.807) is 18.3 Å². The summed E-state index contributed by atoms with van der Waals surface area (Å²) in [5, 5.41) is 5.98. The lowest BCUT2D eigenvalue weighted by atomic mass is 10.2. The molecule has 3 rings (SSSR count). The number of nitrogens with one attached hydrogen (secondary N) is 2. The summed E-state index contributed by atoms with van der Waals surface area (Å²) in [5.74, 6) is 2.15. The van der Waals surface area contributed by atoms with Crippen LogP contribution in [0, 0.1) is 0 Å². The fourth-order valence-corrected chi connectivity index (χ4v) is 2.47. The molecule has 0 bridgehead atoms. The SMILES string of the molecule is CCNc1ccc(C(=O)NCC[C@H]2COc3ccccc3O2)cn1. The molecule has 0 aliphatic carbocycles. The second kappa shape index (κ2) is 7.68. The number of amides is 1. The lowest BCUT2D eigenvalue weighted by molar-refractivity contribution is 0.0812. The van der Waals surface area contributed by atoms with E-state index < -0.39 is 0 Å². The second-order valence-corrected chi connectivity index (χ2v) is 5.50. The van der Waals surface area contributed by atoms with Gasteiger partial charge in [0.2, 0.25) is 0 Å². The van der Waals surface area contributed by atoms with Crippen LogP contribution in [0.25, 0.3) is 0 Å². The first-order chi connectivity index (χ1) is 11.8. The Morgan fingerprint density at radius 2 is 2.08 bits per heavy atom. The number of hydrogen-bond acceptors (Lipinski definition) is 5. The van der Waals surface area contributed by atoms with Crippen LogP contribution in [0.1, 0.15) is 23.7 Å². The van der Waals surface area contributed by atoms with Gasteiger partial charge in [-0.05, 0) is 31.2 Å². The van der Waals surface area contributed by atoms with Crippen molar-refractivity contribution >= 4 is 11.7 Å². The minimum absolute atomic E-state index is 0.0607. The fourth-order valence-electron chi connectivity index (χ4n) is 2.47. The normalized spacial score (nSPS) is 15.6. The van der Waals surface area contributed by atoms with Crippen molar-refractivity contribution in [2.24, 2.45) is 0 Å². The first kappa shape index (κ1) is 16.1. The van der Waals surface area contributed by atoms with Crippen LogP contribution in [0.4, 0.5) is 5.82 Å². The van der Waals surface area contributed by atoms with E-state index in [1.165, 1.54) is 0 Å². The first-order valence-corrected chi connectivity index (χ1v) is 8.13. The third kappa shape index (κ3) is 3.95. The van der Waals surface area contributed by atoms with Crippen molar-refractivity contribution in [3.05, 3.63) is 48.2 Å². The number of para-hydroxylation sites is 2. The van der Waals surface area contributed by atoms with Gasteiger partial charge < -0.3 is 20.1 Å². The van der Waals surface area contributed by atoms with Gasteiger partial charge in [0.15, 0.2) is 11.5 Å². The molecule has 1 aliphatic heterocycles. The summed E-state index contributed by atoms with van der Waals surface area (Å²) < 4.78 is 11.5. The highest BCUT2D eigenvalue weighted by atomic mass is 16.6. The third-order valence-corrected chi connectivity index (χ3v) is 3.70. The van der Waals surface area contributed by atoms with Crippen LogP contribution in [0.5, 0.6) is 11.5 Å². The minimum atomic E-state index is -0.136. The van der Waals surface area contributed by atoms with Gasteiger partial charge in [-0.15, -0.1) is 0 Å². The number of carbonyl (C=O) groups excluding carboxylic acids is 1. The van der Waals surface area contributed by atoms with Crippen LogP contribution in [-0.2, 0) is 0 Å². The van der Waals surface area contributed by atoms with Crippen molar-refractivity contribution in [3.63, 3.8) is 0 Å². The Bertz CT molecular complexity index is 688. The zero-order chi connectivity index (χ0) is 16.8. The van der Waals surface area contributed by atoms with Gasteiger partial charge in [0.05, 0.1) is 5.56 Å². The monoisotopic (exact) mass is 327 g/mol. The Hall–Kier alpha value is -2.76. The standard InChI is InChI=1S/C18H21N3O3/c1-2-19-17-8-7-13(11-21-17)18(22)20-10-9-14-12-23-15-5-3-4-6-16(15)24-14/h3-8,11,14H,2,9-10,12H2,1H3,(H,19,21)(H,20,22)/t14-/m0/s1. The number of benzene rings is 1. The van der Waals surface area contributed by atoms with E-state index in [-0.39, 0.29) is 12.0 Å². The molecule has 0 unspecified atom stereocenters. The van der Waals surface area contributed by atoms with Gasteiger partial charge in [-0.3, -0.25) is 4.79 Å². The lowest BCUT2D eigenvalue weighted by Crippen LogP contribution is -2.34. The smallest absolute Gasteiger partial charge is 0.252 e. The largest absolute Gasteiger partial charge is 0.486 e. The summed E-state index contributed by atoms with van der Waals surface area (Å²) in [4.78, 5) is 16.3. The predicted molar refractivity (Wildman–Crippen MR) is 91.7 cm³/mol. The molecule has 0 saturated heterocycles. The molecule has 0 spiro atoms. The molecule has 0 radical (unpaired) electrons. The molecular weight excluding hydrogens is 306 g/mol. The summed E-state index contributed by atoms with van der Waals surface area (Å²) in [6.45, 7) is 3.80. The van der Waals surface area contributed by atoms with E-state index in [0.29, 0.717) is 25.1 Å². The Kier molecular flexibility index (Phi) is 5.15. The van der Waals surface area contributed by atoms with E-state index in [9.17, 15) is 4.79 Å². The van der Waals surface area contributed by atoms with Gasteiger partial charge in [0, 0.05) is 25.7 Å². The maximum Gasteiger partial charge on any atom is 0.252 e. The molecular formula is C18H21N3O3. The number of nitrogens with zero attached hydrogens (tertiary/aromatic N) is 1. The van der Waals surface area contributed by atoms with Crippen LogP contribution >= 0.6 is 0 Å². The highest BCUT2D eigenvalue weighted by molar-refractivity contribution is 5.94. The van der Waals surface area contributed by atoms with Gasteiger partial charge in [-0.1, -0.05) is 12.1 Å². The maximum absolute atomic E-state index is 12.1. The third-order valence-electron chi connectivity index (χ3n) is 3.70. The molecule has 1 amide bonds. The number of rotatable bonds is 6. The highest BCUT2D eigenvalue weighted by Gasteiger charge is 2.20. The summed E-state index contributed by atoms with van der Waals surface area (Å²) in [6, 6.07) is 11.2. The highest BCUT2D eigenvalue weighted by Crippen LogP contribution is 2.31. The summed E-state index contributed by atoms with van der Waals surface area (Å²) in [6.07, 6.45) is 2.20. The molecule has 6 nitrogen and oxygen atoms in total. The Morgan fingerprint density at radius 1 is 1.25 bits per heavy atom. The zero-order valence-electron chi connectivity index (χ0n) is 13.6. The zero-order valence-corrected chi connectivity index (χ0v) is 13.6. The first-order valence-electron chi connectivity index (χ1n) is 8.13. The molecule has 6 heteroatoms. The molecule has 1 aliphatic rings. The van der Waals surface area contributed by atoms with Crippen LogP contribution in [-0.4, -0.2) is 36.7 Å². The molecule has 2 heterocycles. The number of pyridine rings is 1. The van der Waals surface area contributed by atoms with Gasteiger partial charge in [-0.25, -0.2) is 4.98 Å². The van der Waals surface area contributed by atoms with Gasteiger partial charge in [-0.2, -0.15) is 0 Å². The Labute approximate surface area is 141 Å². The molecule has 2 N–H and O–H groups in total. The minimum Gasteiger partial charge on any atom is -0.486 e. The van der Waals surface area contributed by atoms with Crippen molar-refractivity contribution in [3.8, 4) is 11.5 Å². The Balaban J connectivity index is 1.45. The number of hydrogen-bond donors (Lipinski definition) is 2. The molecule has 1 aromatic heterocycles. The summed E-state index contributed by atoms with van der Waals surface area (Å²) in [5.41, 5.74) is 0.544. The van der Waals surface area contributed by atoms with Gasteiger partial charge >= 0.3 is 0 Å². The molecule has 24 heavy (non-hydrogen) atoms. The molecule has 2 aromatic rings. The van der Waals surface area contributed by atoms with Crippen LogP contribution in [0.3, 0.4) is 0 Å². The van der Waals surface area contributed by atoms with Gasteiger partial charge in [0.25, 0.3) is 5.91 Å². The topological polar surface area (TPSA) is 72.5 Å². The van der Waals surface area contributed by atoms with Crippen molar-refractivity contribution < 1.29 is 14.3 Å². The van der Waals surface area contributed by atoms with E-state index in [4.69, 9.17) is 9.47 Å². The lowest BCUT2D eigenvalue weighted by Gasteiger charge is -2.26. The van der Waals surface area contributed by atoms with Crippen molar-refractivity contribution in [2.45, 2.75) is 19.4 Å². The maximum atomic E-state index is 12.1. The van der Waals surface area contributed by atoms with Crippen molar-refractivity contribution in [2.75, 3.05) is 25.0 Å². The van der Waals surface area contributed by atoms with E-state index in [1.807, 2.05) is 31.2 Å². The van der Waals surface area contributed by atoms with Crippen molar-refractivity contribution in [1.82, 2.24) is 10.3 Å². The summed E-state index contributed by atoms with van der Waals surface area (Å²) in [7, 11) is 0. The molecule has 126 valence electrons. The van der Waals surface area contributed by atoms with Crippen molar-refractivity contribution in [1.29, 1.82) is 0 Å². The average molecular weight is 327 g/mol. The molecule has 0 saturated carbocycles. The molecule has 1 atom stereocenters. The number of aromatic nitrogens is 1. The molecule has 0 fully saturated rings. The fraction of sp³-hybridized carbons (Fsp3) is 0.333. The van der Waals surface area contributed by atoms with Crippen LogP contribution in [0.15, 0.2) is 42.6 Å². The van der Waals surface area contributed by atoms with E-state index in [0.717, 1.165) is 23.9 Å².